The molecule has 0 aromatic rings. The predicted octanol–water partition coefficient (Wildman–Crippen LogP) is 2.14. The van der Waals surface area contributed by atoms with E-state index in [-0.39, 0.29) is 11.8 Å². The molecule has 0 radical (unpaired) electrons. The van der Waals surface area contributed by atoms with Crippen molar-refractivity contribution in [1.29, 1.82) is 0 Å². The molecule has 2 unspecified atom stereocenters. The highest BCUT2D eigenvalue weighted by molar-refractivity contribution is 5.82. The molecule has 2 fully saturated rings. The highest BCUT2D eigenvalue weighted by Crippen LogP contribution is 2.42. The summed E-state index contributed by atoms with van der Waals surface area (Å²) >= 11 is 0. The molecule has 1 amide bonds. The van der Waals surface area contributed by atoms with Gasteiger partial charge in [-0.3, -0.25) is 9.59 Å². The van der Waals surface area contributed by atoms with Crippen LogP contribution in [0.4, 0.5) is 0 Å². The Labute approximate surface area is 108 Å². The first-order valence-corrected chi connectivity index (χ1v) is 7.02. The normalized spacial score (nSPS) is 30.0. The molecule has 1 aliphatic heterocycles. The number of aliphatic carboxylic acids is 1. The van der Waals surface area contributed by atoms with E-state index in [0.29, 0.717) is 31.8 Å². The van der Waals surface area contributed by atoms with Crippen molar-refractivity contribution >= 4 is 11.9 Å². The number of piperidine rings is 1. The van der Waals surface area contributed by atoms with Crippen LogP contribution in [0.1, 0.15) is 46.0 Å². The van der Waals surface area contributed by atoms with Crippen LogP contribution in [0.2, 0.25) is 0 Å². The third-order valence-corrected chi connectivity index (χ3v) is 4.64. The second kappa shape index (κ2) is 4.90. The molecule has 1 aliphatic carbocycles. The first-order chi connectivity index (χ1) is 8.50. The van der Waals surface area contributed by atoms with Gasteiger partial charge in [0, 0.05) is 19.0 Å². The van der Waals surface area contributed by atoms with Gasteiger partial charge < -0.3 is 10.0 Å². The third kappa shape index (κ3) is 2.38. The van der Waals surface area contributed by atoms with E-state index >= 15 is 0 Å². The summed E-state index contributed by atoms with van der Waals surface area (Å²) in [5.74, 6) is 0.307. The van der Waals surface area contributed by atoms with Gasteiger partial charge in [-0.05, 0) is 31.6 Å². The van der Waals surface area contributed by atoms with Gasteiger partial charge >= 0.3 is 5.97 Å². The van der Waals surface area contributed by atoms with Crippen molar-refractivity contribution in [3.8, 4) is 0 Å². The fourth-order valence-electron chi connectivity index (χ4n) is 3.11. The lowest BCUT2D eigenvalue weighted by atomic mass is 9.75. The van der Waals surface area contributed by atoms with Gasteiger partial charge in [-0.2, -0.15) is 0 Å². The standard InChI is InChI=1S/C14H23NO3/c1-3-4-14(13(17)18)5-7-15(8-6-14)12(16)11-9-10(11)2/h10-11H,3-9H2,1-2H3,(H,17,18). The fraction of sp³-hybridized carbons (Fsp3) is 0.857. The fourth-order valence-corrected chi connectivity index (χ4v) is 3.11. The number of nitrogens with zero attached hydrogens (tertiary/aromatic N) is 1. The summed E-state index contributed by atoms with van der Waals surface area (Å²) in [5, 5.41) is 9.40. The van der Waals surface area contributed by atoms with Crippen LogP contribution in [0.25, 0.3) is 0 Å². The number of likely N-dealkylation sites (tertiary alicyclic amines) is 1. The molecule has 2 aliphatic rings. The lowest BCUT2D eigenvalue weighted by Gasteiger charge is -2.39. The Balaban J connectivity index is 1.93. The van der Waals surface area contributed by atoms with Crippen molar-refractivity contribution in [1.82, 2.24) is 4.90 Å². The number of hydrogen-bond donors (Lipinski definition) is 1. The average Bonchev–Trinajstić information content (AvgIpc) is 3.06. The van der Waals surface area contributed by atoms with Gasteiger partial charge in [0.1, 0.15) is 0 Å². The highest BCUT2D eigenvalue weighted by Gasteiger charge is 2.46. The van der Waals surface area contributed by atoms with Crippen molar-refractivity contribution in [2.75, 3.05) is 13.1 Å². The maximum absolute atomic E-state index is 12.1. The first kappa shape index (κ1) is 13.4. The molecule has 0 bridgehead atoms. The number of amides is 1. The van der Waals surface area contributed by atoms with Crippen LogP contribution in [0.3, 0.4) is 0 Å². The van der Waals surface area contributed by atoms with E-state index in [0.717, 1.165) is 19.3 Å². The van der Waals surface area contributed by atoms with Crippen LogP contribution in [0.5, 0.6) is 0 Å². The highest BCUT2D eigenvalue weighted by atomic mass is 16.4. The van der Waals surface area contributed by atoms with Crippen LogP contribution in [0.15, 0.2) is 0 Å². The maximum Gasteiger partial charge on any atom is 0.309 e. The van der Waals surface area contributed by atoms with Crippen molar-refractivity contribution in [2.24, 2.45) is 17.3 Å². The summed E-state index contributed by atoms with van der Waals surface area (Å²) in [7, 11) is 0. The van der Waals surface area contributed by atoms with E-state index in [1.165, 1.54) is 0 Å². The largest absolute Gasteiger partial charge is 0.481 e. The van der Waals surface area contributed by atoms with Crippen LogP contribution in [-0.4, -0.2) is 35.0 Å². The smallest absolute Gasteiger partial charge is 0.309 e. The molecule has 102 valence electrons. The maximum atomic E-state index is 12.1. The molecule has 4 heteroatoms. The molecule has 2 atom stereocenters. The Morgan fingerprint density at radius 1 is 1.33 bits per heavy atom. The Morgan fingerprint density at radius 3 is 2.28 bits per heavy atom. The number of carboxylic acid groups (broad SMARTS) is 1. The summed E-state index contributed by atoms with van der Waals surface area (Å²) in [6.45, 7) is 5.36. The van der Waals surface area contributed by atoms with Crippen molar-refractivity contribution in [3.05, 3.63) is 0 Å². The minimum Gasteiger partial charge on any atom is -0.481 e. The minimum absolute atomic E-state index is 0.216. The molecule has 0 aromatic carbocycles. The molecule has 1 heterocycles. The summed E-state index contributed by atoms with van der Waals surface area (Å²) < 4.78 is 0. The average molecular weight is 253 g/mol. The van der Waals surface area contributed by atoms with Gasteiger partial charge in [0.25, 0.3) is 0 Å². The number of carboxylic acids is 1. The Kier molecular flexibility index (Phi) is 3.64. The monoisotopic (exact) mass is 253 g/mol. The zero-order valence-electron chi connectivity index (χ0n) is 11.3. The zero-order valence-corrected chi connectivity index (χ0v) is 11.3. The quantitative estimate of drug-likeness (QED) is 0.835. The second-order valence-corrected chi connectivity index (χ2v) is 5.98. The van der Waals surface area contributed by atoms with Crippen molar-refractivity contribution in [2.45, 2.75) is 46.0 Å². The van der Waals surface area contributed by atoms with Crippen molar-refractivity contribution in [3.63, 3.8) is 0 Å². The Hall–Kier alpha value is -1.06. The molecule has 0 aromatic heterocycles. The van der Waals surface area contributed by atoms with Crippen LogP contribution in [0, 0.1) is 17.3 Å². The van der Waals surface area contributed by atoms with Gasteiger partial charge in [-0.15, -0.1) is 0 Å². The molecule has 2 rings (SSSR count). The van der Waals surface area contributed by atoms with E-state index in [1.54, 1.807) is 0 Å². The second-order valence-electron chi connectivity index (χ2n) is 5.98. The summed E-state index contributed by atoms with van der Waals surface area (Å²) in [4.78, 5) is 25.4. The van der Waals surface area contributed by atoms with Crippen molar-refractivity contribution < 1.29 is 14.7 Å². The number of carbonyl (C=O) groups excluding carboxylic acids is 1. The zero-order chi connectivity index (χ0) is 13.3. The lowest BCUT2D eigenvalue weighted by Crippen LogP contribution is -2.47. The Morgan fingerprint density at radius 2 is 1.89 bits per heavy atom. The summed E-state index contributed by atoms with van der Waals surface area (Å²) in [5.41, 5.74) is -0.583. The molecule has 4 nitrogen and oxygen atoms in total. The Bertz CT molecular complexity index is 345. The predicted molar refractivity (Wildman–Crippen MR) is 68.1 cm³/mol. The molecule has 1 N–H and O–H groups in total. The molecular formula is C14H23NO3. The van der Waals surface area contributed by atoms with Gasteiger partial charge in [0.05, 0.1) is 5.41 Å². The van der Waals surface area contributed by atoms with Gasteiger partial charge in [0.2, 0.25) is 5.91 Å². The SMILES string of the molecule is CCCC1(C(=O)O)CCN(C(=O)C2CC2C)CC1. The van der Waals surface area contributed by atoms with E-state index in [9.17, 15) is 14.7 Å². The molecule has 1 saturated carbocycles. The first-order valence-electron chi connectivity index (χ1n) is 7.02. The minimum atomic E-state index is -0.684. The molecule has 0 spiro atoms. The molecule has 1 saturated heterocycles. The van der Waals surface area contributed by atoms with Crippen LogP contribution >= 0.6 is 0 Å². The number of rotatable bonds is 4. The van der Waals surface area contributed by atoms with Crippen LogP contribution in [-0.2, 0) is 9.59 Å². The summed E-state index contributed by atoms with van der Waals surface area (Å²) in [6, 6.07) is 0. The van der Waals surface area contributed by atoms with Gasteiger partial charge in [-0.1, -0.05) is 20.3 Å². The number of carbonyl (C=O) groups is 2. The molecule has 18 heavy (non-hydrogen) atoms. The molecular weight excluding hydrogens is 230 g/mol. The third-order valence-electron chi connectivity index (χ3n) is 4.64. The number of hydrogen-bond acceptors (Lipinski definition) is 2. The van der Waals surface area contributed by atoms with E-state index in [1.807, 2.05) is 11.8 Å². The topological polar surface area (TPSA) is 57.6 Å². The van der Waals surface area contributed by atoms with E-state index in [4.69, 9.17) is 0 Å². The lowest BCUT2D eigenvalue weighted by molar-refractivity contribution is -0.155. The van der Waals surface area contributed by atoms with Crippen LogP contribution < -0.4 is 0 Å². The van der Waals surface area contributed by atoms with Gasteiger partial charge in [0.15, 0.2) is 0 Å². The van der Waals surface area contributed by atoms with Gasteiger partial charge in [-0.25, -0.2) is 0 Å². The van der Waals surface area contributed by atoms with E-state index < -0.39 is 11.4 Å². The summed E-state index contributed by atoms with van der Waals surface area (Å²) in [6.07, 6.45) is 3.85. The van der Waals surface area contributed by atoms with E-state index in [2.05, 4.69) is 6.92 Å².